The van der Waals surface area contributed by atoms with Crippen LogP contribution in [0, 0.1) is 11.8 Å². The van der Waals surface area contributed by atoms with Gasteiger partial charge >= 0.3 is 0 Å². The summed E-state index contributed by atoms with van der Waals surface area (Å²) in [6.07, 6.45) is 4.98. The van der Waals surface area contributed by atoms with Crippen molar-refractivity contribution in [2.75, 3.05) is 26.3 Å². The van der Waals surface area contributed by atoms with Crippen molar-refractivity contribution in [3.63, 3.8) is 0 Å². The van der Waals surface area contributed by atoms with Crippen molar-refractivity contribution in [3.8, 4) is 0 Å². The van der Waals surface area contributed by atoms with Gasteiger partial charge in [0, 0.05) is 6.54 Å². The molecular formula is C15H27NO. The SMILES string of the molecule is C=C(C)COCCNCC1CC(C)=CC(C)C1. The predicted molar refractivity (Wildman–Crippen MR) is 74.1 cm³/mol. The number of rotatable bonds is 7. The molecule has 0 heterocycles. The van der Waals surface area contributed by atoms with E-state index < -0.39 is 0 Å². The van der Waals surface area contributed by atoms with E-state index in [9.17, 15) is 0 Å². The number of allylic oxidation sites excluding steroid dienone is 2. The zero-order chi connectivity index (χ0) is 12.7. The molecule has 17 heavy (non-hydrogen) atoms. The van der Waals surface area contributed by atoms with Crippen molar-refractivity contribution >= 4 is 0 Å². The maximum Gasteiger partial charge on any atom is 0.0672 e. The Morgan fingerprint density at radius 1 is 1.59 bits per heavy atom. The molecule has 0 saturated heterocycles. The van der Waals surface area contributed by atoms with Gasteiger partial charge in [0.15, 0.2) is 0 Å². The first-order chi connectivity index (χ1) is 8.08. The van der Waals surface area contributed by atoms with E-state index in [1.165, 1.54) is 12.8 Å². The van der Waals surface area contributed by atoms with Crippen molar-refractivity contribution in [2.24, 2.45) is 11.8 Å². The van der Waals surface area contributed by atoms with Crippen LogP contribution in [-0.4, -0.2) is 26.3 Å². The first-order valence-electron chi connectivity index (χ1n) is 6.68. The van der Waals surface area contributed by atoms with E-state index in [1.54, 1.807) is 5.57 Å². The summed E-state index contributed by atoms with van der Waals surface area (Å²) in [7, 11) is 0. The first kappa shape index (κ1) is 14.5. The van der Waals surface area contributed by atoms with E-state index in [4.69, 9.17) is 4.74 Å². The van der Waals surface area contributed by atoms with Crippen molar-refractivity contribution in [2.45, 2.75) is 33.6 Å². The van der Waals surface area contributed by atoms with Crippen LogP contribution in [0.1, 0.15) is 33.6 Å². The lowest BCUT2D eigenvalue weighted by atomic mass is 9.84. The van der Waals surface area contributed by atoms with Gasteiger partial charge in [0.05, 0.1) is 13.2 Å². The third-order valence-corrected chi connectivity index (χ3v) is 3.09. The van der Waals surface area contributed by atoms with Gasteiger partial charge in [0.1, 0.15) is 0 Å². The van der Waals surface area contributed by atoms with Gasteiger partial charge in [-0.05, 0) is 45.1 Å². The van der Waals surface area contributed by atoms with Crippen LogP contribution in [0.25, 0.3) is 0 Å². The highest BCUT2D eigenvalue weighted by molar-refractivity contribution is 5.06. The van der Waals surface area contributed by atoms with E-state index >= 15 is 0 Å². The molecule has 0 aromatic heterocycles. The van der Waals surface area contributed by atoms with Gasteiger partial charge in [-0.2, -0.15) is 0 Å². The molecule has 1 rings (SSSR count). The summed E-state index contributed by atoms with van der Waals surface area (Å²) >= 11 is 0. The predicted octanol–water partition coefficient (Wildman–Crippen LogP) is 3.16. The number of hydrogen-bond donors (Lipinski definition) is 1. The van der Waals surface area contributed by atoms with Crippen LogP contribution < -0.4 is 5.32 Å². The summed E-state index contributed by atoms with van der Waals surface area (Å²) in [6, 6.07) is 0. The Labute approximate surface area is 106 Å². The van der Waals surface area contributed by atoms with E-state index in [0.717, 1.165) is 37.1 Å². The van der Waals surface area contributed by atoms with Crippen LogP contribution in [0.5, 0.6) is 0 Å². The molecule has 0 radical (unpaired) electrons. The second kappa shape index (κ2) is 7.67. The van der Waals surface area contributed by atoms with Gasteiger partial charge in [0.2, 0.25) is 0 Å². The van der Waals surface area contributed by atoms with Crippen molar-refractivity contribution in [1.82, 2.24) is 5.32 Å². The van der Waals surface area contributed by atoms with Gasteiger partial charge in [-0.1, -0.05) is 30.7 Å². The third-order valence-electron chi connectivity index (χ3n) is 3.09. The fourth-order valence-corrected chi connectivity index (χ4v) is 2.54. The van der Waals surface area contributed by atoms with E-state index in [2.05, 4.69) is 31.8 Å². The standard InChI is InChI=1S/C15H27NO/c1-12(2)11-17-6-5-16-10-15-8-13(3)7-14(4)9-15/h7,13,15-16H,1,5-6,8-11H2,2-4H3. The quantitative estimate of drug-likeness (QED) is 0.542. The van der Waals surface area contributed by atoms with Gasteiger partial charge in [-0.3, -0.25) is 0 Å². The van der Waals surface area contributed by atoms with E-state index in [0.29, 0.717) is 6.61 Å². The normalized spacial score (nSPS) is 24.5. The largest absolute Gasteiger partial charge is 0.376 e. The average molecular weight is 237 g/mol. The molecule has 2 unspecified atom stereocenters. The van der Waals surface area contributed by atoms with Gasteiger partial charge in [-0.15, -0.1) is 0 Å². The van der Waals surface area contributed by atoms with Crippen LogP contribution in [0.4, 0.5) is 0 Å². The molecule has 2 heteroatoms. The third kappa shape index (κ3) is 6.64. The molecular weight excluding hydrogens is 210 g/mol. The van der Waals surface area contributed by atoms with Gasteiger partial charge < -0.3 is 10.1 Å². The summed E-state index contributed by atoms with van der Waals surface area (Å²) in [6.45, 7) is 13.9. The average Bonchev–Trinajstić information content (AvgIpc) is 2.21. The zero-order valence-corrected chi connectivity index (χ0v) is 11.6. The second-order valence-corrected chi connectivity index (χ2v) is 5.51. The number of nitrogens with one attached hydrogen (secondary N) is 1. The molecule has 0 bridgehead atoms. The second-order valence-electron chi connectivity index (χ2n) is 5.51. The highest BCUT2D eigenvalue weighted by Crippen LogP contribution is 2.26. The Hall–Kier alpha value is -0.600. The minimum absolute atomic E-state index is 0.685. The molecule has 98 valence electrons. The van der Waals surface area contributed by atoms with Crippen LogP contribution in [-0.2, 0) is 4.74 Å². The summed E-state index contributed by atoms with van der Waals surface area (Å²) in [5.41, 5.74) is 2.64. The lowest BCUT2D eigenvalue weighted by Gasteiger charge is -2.25. The maximum absolute atomic E-state index is 5.45. The van der Waals surface area contributed by atoms with Crippen molar-refractivity contribution in [1.29, 1.82) is 0 Å². The Morgan fingerprint density at radius 3 is 3.00 bits per heavy atom. The van der Waals surface area contributed by atoms with E-state index in [-0.39, 0.29) is 0 Å². The number of ether oxygens (including phenoxy) is 1. The van der Waals surface area contributed by atoms with Gasteiger partial charge in [0.25, 0.3) is 0 Å². The van der Waals surface area contributed by atoms with Crippen LogP contribution in [0.15, 0.2) is 23.8 Å². The maximum atomic E-state index is 5.45. The summed E-state index contributed by atoms with van der Waals surface area (Å²) in [5, 5.41) is 3.49. The molecule has 0 aromatic rings. The molecule has 2 nitrogen and oxygen atoms in total. The molecule has 0 spiro atoms. The van der Waals surface area contributed by atoms with Crippen molar-refractivity contribution < 1.29 is 4.74 Å². The molecule has 0 amide bonds. The Bertz CT molecular complexity index is 270. The van der Waals surface area contributed by atoms with Crippen LogP contribution >= 0.6 is 0 Å². The molecule has 1 N–H and O–H groups in total. The molecule has 0 aromatic carbocycles. The Morgan fingerprint density at radius 2 is 2.35 bits per heavy atom. The molecule has 0 aliphatic heterocycles. The lowest BCUT2D eigenvalue weighted by Crippen LogP contribution is -2.28. The molecule has 2 atom stereocenters. The first-order valence-corrected chi connectivity index (χ1v) is 6.68. The monoisotopic (exact) mass is 237 g/mol. The van der Waals surface area contributed by atoms with Gasteiger partial charge in [-0.25, -0.2) is 0 Å². The summed E-state index contributed by atoms with van der Waals surface area (Å²) in [5.74, 6) is 1.55. The highest BCUT2D eigenvalue weighted by atomic mass is 16.5. The van der Waals surface area contributed by atoms with Crippen LogP contribution in [0.2, 0.25) is 0 Å². The zero-order valence-electron chi connectivity index (χ0n) is 11.6. The van der Waals surface area contributed by atoms with Crippen LogP contribution in [0.3, 0.4) is 0 Å². The topological polar surface area (TPSA) is 21.3 Å². The molecule has 0 saturated carbocycles. The van der Waals surface area contributed by atoms with E-state index in [1.807, 2.05) is 6.92 Å². The minimum atomic E-state index is 0.685. The fourth-order valence-electron chi connectivity index (χ4n) is 2.54. The lowest BCUT2D eigenvalue weighted by molar-refractivity contribution is 0.156. The minimum Gasteiger partial charge on any atom is -0.376 e. The summed E-state index contributed by atoms with van der Waals surface area (Å²) < 4.78 is 5.45. The molecule has 0 fully saturated rings. The number of hydrogen-bond acceptors (Lipinski definition) is 2. The highest BCUT2D eigenvalue weighted by Gasteiger charge is 2.17. The molecule has 1 aliphatic rings. The summed E-state index contributed by atoms with van der Waals surface area (Å²) in [4.78, 5) is 0. The smallest absolute Gasteiger partial charge is 0.0672 e. The fraction of sp³-hybridized carbons (Fsp3) is 0.733. The Kier molecular flexibility index (Phi) is 6.53. The Balaban J connectivity index is 2.03. The molecule has 1 aliphatic carbocycles. The van der Waals surface area contributed by atoms with Crippen molar-refractivity contribution in [3.05, 3.63) is 23.8 Å².